The van der Waals surface area contributed by atoms with Crippen LogP contribution in [0.3, 0.4) is 0 Å². The lowest BCUT2D eigenvalue weighted by molar-refractivity contribution is 0.0966. The summed E-state index contributed by atoms with van der Waals surface area (Å²) >= 11 is 3.35. The predicted molar refractivity (Wildman–Crippen MR) is 118 cm³/mol. The normalized spacial score (nSPS) is 11.1. The van der Waals surface area contributed by atoms with E-state index in [4.69, 9.17) is 4.74 Å². The van der Waals surface area contributed by atoms with Crippen molar-refractivity contribution in [3.8, 4) is 11.4 Å². The number of halogens is 1. The molecule has 0 fully saturated rings. The lowest BCUT2D eigenvalue weighted by atomic mass is 10.1. The second kappa shape index (κ2) is 7.87. The van der Waals surface area contributed by atoms with Crippen molar-refractivity contribution in [2.75, 3.05) is 7.11 Å². The number of fused-ring (bicyclic) bond motifs is 1. The number of aryl methyl sites for hydroxylation is 2. The molecule has 0 aliphatic carbocycles. The molecular formula is C22H19BrN4O3. The highest BCUT2D eigenvalue weighted by Crippen LogP contribution is 2.23. The molecule has 0 amide bonds. The summed E-state index contributed by atoms with van der Waals surface area (Å²) in [6, 6.07) is 14.4. The Labute approximate surface area is 181 Å². The van der Waals surface area contributed by atoms with Crippen molar-refractivity contribution in [2.24, 2.45) is 0 Å². The fraction of sp³-hybridized carbons (Fsp3) is 0.182. The van der Waals surface area contributed by atoms with Gasteiger partial charge in [0.1, 0.15) is 12.3 Å². The molecule has 2 aromatic heterocycles. The third-order valence-corrected chi connectivity index (χ3v) is 5.47. The van der Waals surface area contributed by atoms with E-state index in [9.17, 15) is 9.59 Å². The number of benzene rings is 2. The van der Waals surface area contributed by atoms with Crippen LogP contribution in [0.2, 0.25) is 0 Å². The van der Waals surface area contributed by atoms with Gasteiger partial charge in [0, 0.05) is 16.1 Å². The summed E-state index contributed by atoms with van der Waals surface area (Å²) in [6.07, 6.45) is 0. The summed E-state index contributed by atoms with van der Waals surface area (Å²) in [4.78, 5) is 25.7. The second-order valence-corrected chi connectivity index (χ2v) is 7.82. The van der Waals surface area contributed by atoms with E-state index in [1.165, 1.54) is 4.68 Å². The Balaban J connectivity index is 1.79. The second-order valence-electron chi connectivity index (χ2n) is 6.90. The Bertz CT molecular complexity index is 1320. The van der Waals surface area contributed by atoms with Crippen LogP contribution >= 0.6 is 15.9 Å². The molecule has 0 radical (unpaired) electrons. The van der Waals surface area contributed by atoms with E-state index < -0.39 is 5.56 Å². The number of nitrogens with zero attached hydrogens (tertiary/aromatic N) is 4. The third-order valence-electron chi connectivity index (χ3n) is 4.94. The summed E-state index contributed by atoms with van der Waals surface area (Å²) in [5, 5.41) is 9.61. The van der Waals surface area contributed by atoms with Crippen LogP contribution < -0.4 is 10.3 Å². The van der Waals surface area contributed by atoms with E-state index in [0.29, 0.717) is 22.4 Å². The number of Topliss-reactive ketones (excluding diaryl/α,β-unsaturated/α-hetero) is 1. The van der Waals surface area contributed by atoms with Crippen molar-refractivity contribution in [2.45, 2.75) is 20.4 Å². The quantitative estimate of drug-likeness (QED) is 0.417. The first-order chi connectivity index (χ1) is 14.4. The van der Waals surface area contributed by atoms with Gasteiger partial charge in [0.15, 0.2) is 11.3 Å². The van der Waals surface area contributed by atoms with Crippen LogP contribution in [0.4, 0.5) is 0 Å². The van der Waals surface area contributed by atoms with Gasteiger partial charge in [-0.3, -0.25) is 9.59 Å². The molecule has 4 rings (SSSR count). The molecule has 152 valence electrons. The maximum Gasteiger partial charge on any atom is 0.295 e. The molecule has 0 unspecified atom stereocenters. The Morgan fingerprint density at radius 1 is 1.10 bits per heavy atom. The van der Waals surface area contributed by atoms with Crippen molar-refractivity contribution < 1.29 is 9.53 Å². The van der Waals surface area contributed by atoms with E-state index in [0.717, 1.165) is 15.9 Å². The number of ether oxygens (including phenoxy) is 1. The van der Waals surface area contributed by atoms with E-state index in [-0.39, 0.29) is 17.8 Å². The van der Waals surface area contributed by atoms with Gasteiger partial charge >= 0.3 is 0 Å². The summed E-state index contributed by atoms with van der Waals surface area (Å²) in [6.45, 7) is 3.55. The van der Waals surface area contributed by atoms with Gasteiger partial charge in [-0.2, -0.15) is 10.2 Å². The Morgan fingerprint density at radius 2 is 1.83 bits per heavy atom. The molecule has 0 aliphatic heterocycles. The number of aromatic nitrogens is 4. The highest BCUT2D eigenvalue weighted by Gasteiger charge is 2.19. The topological polar surface area (TPSA) is 79.0 Å². The van der Waals surface area contributed by atoms with E-state index in [1.54, 1.807) is 36.1 Å². The number of hydrogen-bond acceptors (Lipinski definition) is 5. The average molecular weight is 467 g/mol. The molecule has 0 bridgehead atoms. The molecule has 4 aromatic rings. The number of methoxy groups -OCH3 is 1. The molecule has 0 N–H and O–H groups in total. The van der Waals surface area contributed by atoms with Gasteiger partial charge in [-0.15, -0.1) is 0 Å². The number of ketones is 1. The van der Waals surface area contributed by atoms with Crippen LogP contribution in [0, 0.1) is 13.8 Å². The lowest BCUT2D eigenvalue weighted by Crippen LogP contribution is -2.27. The largest absolute Gasteiger partial charge is 0.497 e. The van der Waals surface area contributed by atoms with Crippen molar-refractivity contribution in [3.05, 3.63) is 80.3 Å². The fourth-order valence-corrected chi connectivity index (χ4v) is 3.71. The molecule has 2 heterocycles. The number of carbonyl (C=O) groups excluding carboxylic acids is 1. The van der Waals surface area contributed by atoms with Crippen molar-refractivity contribution >= 4 is 32.6 Å². The first-order valence-electron chi connectivity index (χ1n) is 9.29. The third kappa shape index (κ3) is 3.54. The fourth-order valence-electron chi connectivity index (χ4n) is 3.45. The van der Waals surface area contributed by atoms with Crippen molar-refractivity contribution in [1.82, 2.24) is 19.6 Å². The Morgan fingerprint density at radius 3 is 2.53 bits per heavy atom. The SMILES string of the molecule is COc1cccc(-n2nc3c(=O)n(CC(=O)c4ccc(Br)cc4)nc(C)c3c2C)c1. The van der Waals surface area contributed by atoms with Crippen LogP contribution in [0.5, 0.6) is 5.75 Å². The van der Waals surface area contributed by atoms with Gasteiger partial charge in [0.2, 0.25) is 0 Å². The first-order valence-corrected chi connectivity index (χ1v) is 10.1. The smallest absolute Gasteiger partial charge is 0.295 e. The lowest BCUT2D eigenvalue weighted by Gasteiger charge is -2.07. The van der Waals surface area contributed by atoms with Crippen molar-refractivity contribution in [1.29, 1.82) is 0 Å². The molecule has 0 aliphatic rings. The maximum absolute atomic E-state index is 13.1. The van der Waals surface area contributed by atoms with Gasteiger partial charge in [0.05, 0.1) is 29.6 Å². The predicted octanol–water partition coefficient (Wildman–Crippen LogP) is 3.85. The summed E-state index contributed by atoms with van der Waals surface area (Å²) in [5.74, 6) is 0.499. The summed E-state index contributed by atoms with van der Waals surface area (Å²) < 4.78 is 9.05. The van der Waals surface area contributed by atoms with E-state index >= 15 is 0 Å². The number of carbonyl (C=O) groups is 1. The Hall–Kier alpha value is -3.26. The minimum atomic E-state index is -0.397. The molecule has 7 nitrogen and oxygen atoms in total. The zero-order valence-electron chi connectivity index (χ0n) is 16.7. The van der Waals surface area contributed by atoms with Crippen LogP contribution in [0.25, 0.3) is 16.6 Å². The zero-order chi connectivity index (χ0) is 21.4. The number of rotatable bonds is 5. The molecule has 0 saturated heterocycles. The van der Waals surface area contributed by atoms with Gasteiger partial charge < -0.3 is 4.74 Å². The standard InChI is InChI=1S/C22H19BrN4O3/c1-13-20-14(2)27(17-5-4-6-18(11-17)30-3)25-21(20)22(29)26(24-13)12-19(28)15-7-9-16(23)10-8-15/h4-11H,12H2,1-3H3. The maximum atomic E-state index is 13.1. The van der Waals surface area contributed by atoms with Gasteiger partial charge in [-0.25, -0.2) is 9.36 Å². The minimum Gasteiger partial charge on any atom is -0.497 e. The summed E-state index contributed by atoms with van der Waals surface area (Å²) in [5.41, 5.74) is 2.62. The van der Waals surface area contributed by atoms with Crippen molar-refractivity contribution in [3.63, 3.8) is 0 Å². The monoisotopic (exact) mass is 466 g/mol. The zero-order valence-corrected chi connectivity index (χ0v) is 18.3. The molecule has 0 saturated carbocycles. The van der Waals surface area contributed by atoms with Crippen LogP contribution in [0.1, 0.15) is 21.7 Å². The average Bonchev–Trinajstić information content (AvgIpc) is 3.10. The molecule has 0 atom stereocenters. The van der Waals surface area contributed by atoms with Gasteiger partial charge in [-0.05, 0) is 38.1 Å². The molecule has 2 aromatic carbocycles. The van der Waals surface area contributed by atoms with Crippen LogP contribution in [-0.2, 0) is 6.54 Å². The highest BCUT2D eigenvalue weighted by molar-refractivity contribution is 9.10. The van der Waals surface area contributed by atoms with Gasteiger partial charge in [0.25, 0.3) is 5.56 Å². The molecule has 0 spiro atoms. The Kier molecular flexibility index (Phi) is 5.26. The first kappa shape index (κ1) is 20.0. The van der Waals surface area contributed by atoms with Gasteiger partial charge in [-0.1, -0.05) is 34.1 Å². The molecule has 30 heavy (non-hydrogen) atoms. The highest BCUT2D eigenvalue weighted by atomic mass is 79.9. The molecular weight excluding hydrogens is 448 g/mol. The van der Waals surface area contributed by atoms with E-state index in [1.807, 2.05) is 38.1 Å². The minimum absolute atomic E-state index is 0.150. The number of hydrogen-bond donors (Lipinski definition) is 0. The summed E-state index contributed by atoms with van der Waals surface area (Å²) in [7, 11) is 1.60. The molecule has 8 heteroatoms. The van der Waals surface area contributed by atoms with E-state index in [2.05, 4.69) is 26.1 Å². The van der Waals surface area contributed by atoms with Crippen LogP contribution in [-0.4, -0.2) is 32.5 Å². The van der Waals surface area contributed by atoms with Crippen LogP contribution in [0.15, 0.2) is 57.8 Å².